The largest absolute Gasteiger partial charge is 0.490 e. The van der Waals surface area contributed by atoms with Crippen LogP contribution in [0.25, 0.3) is 32.6 Å². The Balaban J connectivity index is 1.81. The maximum Gasteiger partial charge on any atom is 0.128 e. The van der Waals surface area contributed by atoms with Crippen molar-refractivity contribution in [1.29, 1.82) is 0 Å². The highest BCUT2D eigenvalue weighted by Crippen LogP contribution is 2.38. The summed E-state index contributed by atoms with van der Waals surface area (Å²) in [4.78, 5) is 0. The van der Waals surface area contributed by atoms with E-state index in [1.54, 1.807) is 23.1 Å². The van der Waals surface area contributed by atoms with Crippen LogP contribution in [0.4, 0.5) is 0 Å². The minimum absolute atomic E-state index is 0.488. The number of thiophene rings is 1. The molecule has 0 saturated carbocycles. The van der Waals surface area contributed by atoms with E-state index in [0.29, 0.717) is 13.2 Å². The molecule has 0 N–H and O–H groups in total. The maximum absolute atomic E-state index is 5.87. The number of aromatic nitrogens is 4. The Morgan fingerprint density at radius 1 is 1.08 bits per heavy atom. The zero-order valence-electron chi connectivity index (χ0n) is 14.5. The van der Waals surface area contributed by atoms with Gasteiger partial charge in [-0.25, -0.2) is 0 Å². The van der Waals surface area contributed by atoms with Crippen molar-refractivity contribution in [2.75, 3.05) is 20.3 Å². The van der Waals surface area contributed by atoms with Crippen LogP contribution in [0.1, 0.15) is 0 Å². The first kappa shape index (κ1) is 16.7. The molecule has 1 aromatic carbocycles. The number of hydrogen-bond acceptors (Lipinski definition) is 6. The van der Waals surface area contributed by atoms with E-state index in [0.717, 1.165) is 38.4 Å². The first-order valence-corrected chi connectivity index (χ1v) is 9.10. The second kappa shape index (κ2) is 7.23. The molecule has 0 bridgehead atoms. The Kier molecular flexibility index (Phi) is 4.64. The molecule has 26 heavy (non-hydrogen) atoms. The number of para-hydroxylation sites is 1. The van der Waals surface area contributed by atoms with Crippen molar-refractivity contribution in [2.24, 2.45) is 7.05 Å². The second-order valence-electron chi connectivity index (χ2n) is 5.80. The number of rotatable bonds is 6. The lowest BCUT2D eigenvalue weighted by Crippen LogP contribution is -2.05. The summed E-state index contributed by atoms with van der Waals surface area (Å²) < 4.78 is 13.8. The average Bonchev–Trinajstić information content (AvgIpc) is 3.31. The van der Waals surface area contributed by atoms with Crippen molar-refractivity contribution in [3.63, 3.8) is 0 Å². The van der Waals surface area contributed by atoms with E-state index in [2.05, 4.69) is 26.7 Å². The van der Waals surface area contributed by atoms with Crippen LogP contribution < -0.4 is 4.74 Å². The Morgan fingerprint density at radius 2 is 1.92 bits per heavy atom. The number of methoxy groups -OCH3 is 1. The van der Waals surface area contributed by atoms with E-state index in [1.807, 2.05) is 43.7 Å². The van der Waals surface area contributed by atoms with Crippen molar-refractivity contribution in [3.05, 3.63) is 48.1 Å². The van der Waals surface area contributed by atoms with Gasteiger partial charge in [0.1, 0.15) is 23.7 Å². The van der Waals surface area contributed by atoms with E-state index in [9.17, 15) is 0 Å². The smallest absolute Gasteiger partial charge is 0.128 e. The number of benzene rings is 1. The minimum Gasteiger partial charge on any atom is -0.490 e. The van der Waals surface area contributed by atoms with Gasteiger partial charge in [0.2, 0.25) is 0 Å². The standard InChI is InChI=1S/C19H18N4O2S/c1-23-12-13(11-20-23)17-15-7-10-26-19(15)18(22-21-17)14-5-3-4-6-16(14)25-9-8-24-2/h3-7,10-12H,8-9H2,1-2H3. The molecule has 132 valence electrons. The highest BCUT2D eigenvalue weighted by molar-refractivity contribution is 7.17. The Bertz CT molecular complexity index is 1040. The van der Waals surface area contributed by atoms with Gasteiger partial charge >= 0.3 is 0 Å². The van der Waals surface area contributed by atoms with Crippen LogP contribution >= 0.6 is 11.3 Å². The van der Waals surface area contributed by atoms with Gasteiger partial charge in [-0.3, -0.25) is 4.68 Å². The van der Waals surface area contributed by atoms with Crippen molar-refractivity contribution in [1.82, 2.24) is 20.0 Å². The van der Waals surface area contributed by atoms with Crippen LogP contribution in [-0.4, -0.2) is 40.3 Å². The SMILES string of the molecule is COCCOc1ccccc1-c1nnc(-c2cnn(C)c2)c2ccsc12. The first-order valence-electron chi connectivity index (χ1n) is 8.22. The molecule has 0 unspecified atom stereocenters. The van der Waals surface area contributed by atoms with Gasteiger partial charge in [-0.05, 0) is 23.6 Å². The molecule has 6 nitrogen and oxygen atoms in total. The van der Waals surface area contributed by atoms with Gasteiger partial charge in [0.25, 0.3) is 0 Å². The van der Waals surface area contributed by atoms with Gasteiger partial charge in [0.15, 0.2) is 0 Å². The normalized spacial score (nSPS) is 11.2. The summed E-state index contributed by atoms with van der Waals surface area (Å²) in [7, 11) is 3.55. The number of ether oxygens (including phenoxy) is 2. The summed E-state index contributed by atoms with van der Waals surface area (Å²) >= 11 is 1.65. The third-order valence-corrected chi connectivity index (χ3v) is 4.97. The molecule has 0 radical (unpaired) electrons. The van der Waals surface area contributed by atoms with E-state index in [1.165, 1.54) is 0 Å². The molecule has 4 rings (SSSR count). The molecule has 0 aliphatic rings. The summed E-state index contributed by atoms with van der Waals surface area (Å²) in [6, 6.07) is 9.97. The maximum atomic E-state index is 5.87. The topological polar surface area (TPSA) is 62.1 Å². The number of hydrogen-bond donors (Lipinski definition) is 0. The molecule has 3 aromatic heterocycles. The van der Waals surface area contributed by atoms with Gasteiger partial charge in [-0.1, -0.05) is 12.1 Å². The molecule has 0 aliphatic carbocycles. The summed E-state index contributed by atoms with van der Waals surface area (Å²) in [5.41, 5.74) is 3.56. The zero-order chi connectivity index (χ0) is 17.9. The predicted molar refractivity (Wildman–Crippen MR) is 102 cm³/mol. The monoisotopic (exact) mass is 366 g/mol. The van der Waals surface area contributed by atoms with Crippen molar-refractivity contribution in [3.8, 4) is 28.3 Å². The fraction of sp³-hybridized carbons (Fsp3) is 0.211. The Morgan fingerprint density at radius 3 is 2.73 bits per heavy atom. The molecule has 0 fully saturated rings. The van der Waals surface area contributed by atoms with E-state index < -0.39 is 0 Å². The molecule has 0 spiro atoms. The quantitative estimate of drug-likeness (QED) is 0.486. The van der Waals surface area contributed by atoms with Crippen LogP contribution in [0.3, 0.4) is 0 Å². The van der Waals surface area contributed by atoms with Gasteiger partial charge in [-0.15, -0.1) is 21.5 Å². The third-order valence-electron chi connectivity index (χ3n) is 4.05. The fourth-order valence-electron chi connectivity index (χ4n) is 2.83. The molecule has 0 amide bonds. The first-order chi connectivity index (χ1) is 12.8. The molecule has 0 saturated heterocycles. The molecule has 0 atom stereocenters. The summed E-state index contributed by atoms with van der Waals surface area (Å²) in [6.45, 7) is 1.02. The van der Waals surface area contributed by atoms with Crippen LogP contribution in [0.5, 0.6) is 5.75 Å². The van der Waals surface area contributed by atoms with Gasteiger partial charge in [0, 0.05) is 36.9 Å². The highest BCUT2D eigenvalue weighted by Gasteiger charge is 2.17. The summed E-state index contributed by atoms with van der Waals surface area (Å²) in [5, 5.41) is 16.4. The highest BCUT2D eigenvalue weighted by atomic mass is 32.1. The molecule has 4 aromatic rings. The van der Waals surface area contributed by atoms with Crippen LogP contribution in [-0.2, 0) is 11.8 Å². The molecule has 3 heterocycles. The van der Waals surface area contributed by atoms with Gasteiger partial charge in [-0.2, -0.15) is 5.10 Å². The van der Waals surface area contributed by atoms with E-state index >= 15 is 0 Å². The summed E-state index contributed by atoms with van der Waals surface area (Å²) in [6.07, 6.45) is 3.76. The average molecular weight is 366 g/mol. The number of nitrogens with zero attached hydrogens (tertiary/aromatic N) is 4. The lowest BCUT2D eigenvalue weighted by Gasteiger charge is -2.11. The minimum atomic E-state index is 0.488. The lowest BCUT2D eigenvalue weighted by molar-refractivity contribution is 0.146. The van der Waals surface area contributed by atoms with E-state index in [-0.39, 0.29) is 0 Å². The van der Waals surface area contributed by atoms with Crippen LogP contribution in [0.15, 0.2) is 48.1 Å². The van der Waals surface area contributed by atoms with Crippen molar-refractivity contribution in [2.45, 2.75) is 0 Å². The summed E-state index contributed by atoms with van der Waals surface area (Å²) in [5.74, 6) is 0.780. The molecule has 0 aliphatic heterocycles. The van der Waals surface area contributed by atoms with E-state index in [4.69, 9.17) is 9.47 Å². The van der Waals surface area contributed by atoms with Gasteiger partial charge in [0.05, 0.1) is 17.5 Å². The molecule has 7 heteroatoms. The van der Waals surface area contributed by atoms with Gasteiger partial charge < -0.3 is 9.47 Å². The third kappa shape index (κ3) is 3.07. The Labute approximate surface area is 155 Å². The predicted octanol–water partition coefficient (Wildman–Crippen LogP) is 3.78. The van der Waals surface area contributed by atoms with Crippen molar-refractivity contribution >= 4 is 21.4 Å². The van der Waals surface area contributed by atoms with Crippen molar-refractivity contribution < 1.29 is 9.47 Å². The lowest BCUT2D eigenvalue weighted by atomic mass is 10.1. The Hall–Kier alpha value is -2.77. The molecular weight excluding hydrogens is 348 g/mol. The number of fused-ring (bicyclic) bond motifs is 1. The molecular formula is C19H18N4O2S. The van der Waals surface area contributed by atoms with Crippen LogP contribution in [0.2, 0.25) is 0 Å². The second-order valence-corrected chi connectivity index (χ2v) is 6.72. The zero-order valence-corrected chi connectivity index (χ0v) is 15.4. The number of aryl methyl sites for hydroxylation is 1. The van der Waals surface area contributed by atoms with Crippen LogP contribution in [0, 0.1) is 0 Å². The fourth-order valence-corrected chi connectivity index (χ4v) is 3.73.